The van der Waals surface area contributed by atoms with Gasteiger partial charge in [-0.2, -0.15) is 17.6 Å². The zero-order chi connectivity index (χ0) is 24.3. The summed E-state index contributed by atoms with van der Waals surface area (Å²) in [5.74, 6) is -2.15. The summed E-state index contributed by atoms with van der Waals surface area (Å²) in [5.41, 5.74) is -1.22. The van der Waals surface area contributed by atoms with E-state index in [9.17, 15) is 26.9 Å². The fraction of sp³-hybridized carbons (Fsp3) is 0.143. The van der Waals surface area contributed by atoms with Crippen LogP contribution < -0.4 is 14.8 Å². The molecule has 12 heteroatoms. The van der Waals surface area contributed by atoms with Crippen molar-refractivity contribution >= 4 is 34.6 Å². The third-order valence-corrected chi connectivity index (χ3v) is 5.70. The lowest BCUT2D eigenvalue weighted by Crippen LogP contribution is -2.19. The Morgan fingerprint density at radius 1 is 1.15 bits per heavy atom. The number of amides is 1. The van der Waals surface area contributed by atoms with Crippen LogP contribution in [0, 0.1) is 12.9 Å². The third-order valence-electron chi connectivity index (χ3n) is 4.33. The highest BCUT2D eigenvalue weighted by Crippen LogP contribution is 2.40. The van der Waals surface area contributed by atoms with Crippen LogP contribution in [0.25, 0.3) is 0 Å². The molecule has 0 saturated carbocycles. The summed E-state index contributed by atoms with van der Waals surface area (Å²) >= 11 is 4.29. The average Bonchev–Trinajstić information content (AvgIpc) is 2.75. The van der Waals surface area contributed by atoms with Crippen molar-refractivity contribution < 1.29 is 31.6 Å². The molecule has 1 aromatic heterocycles. The van der Waals surface area contributed by atoms with Gasteiger partial charge >= 0.3 is 6.18 Å². The minimum absolute atomic E-state index is 0.0488. The van der Waals surface area contributed by atoms with Crippen molar-refractivity contribution in [1.29, 1.82) is 0 Å². The fourth-order valence-electron chi connectivity index (χ4n) is 2.78. The lowest BCUT2D eigenvalue weighted by Gasteiger charge is -2.17. The predicted octanol–water partition coefficient (Wildman–Crippen LogP) is 5.49. The largest absolute Gasteiger partial charge is 0.593 e. The first-order valence-electron chi connectivity index (χ1n) is 9.22. The number of pyridine rings is 1. The van der Waals surface area contributed by atoms with Crippen LogP contribution in [0.3, 0.4) is 0 Å². The smallest absolute Gasteiger partial charge is 0.417 e. The zero-order valence-electron chi connectivity index (χ0n) is 17.1. The normalized spacial score (nSPS) is 12.4. The number of carbonyl (C=O) groups excluding carboxylic acids is 1. The molecule has 3 aromatic rings. The number of aromatic nitrogens is 1. The van der Waals surface area contributed by atoms with Crippen LogP contribution in [-0.4, -0.2) is 22.5 Å². The molecule has 0 bridgehead atoms. The molecule has 3 rings (SSSR count). The first-order valence-corrected chi connectivity index (χ1v) is 10.7. The second-order valence-electron chi connectivity index (χ2n) is 6.60. The molecule has 0 aliphatic carbocycles. The van der Waals surface area contributed by atoms with E-state index >= 15 is 0 Å². The maximum Gasteiger partial charge on any atom is 0.417 e. The molecule has 0 aliphatic heterocycles. The molecule has 0 radical (unpaired) electrons. The van der Waals surface area contributed by atoms with Crippen molar-refractivity contribution in [3.63, 3.8) is 0 Å². The third kappa shape index (κ3) is 5.93. The van der Waals surface area contributed by atoms with Crippen LogP contribution in [0.15, 0.2) is 53.4 Å². The second-order valence-corrected chi connectivity index (χ2v) is 8.42. The van der Waals surface area contributed by atoms with Gasteiger partial charge in [0.05, 0.1) is 33.2 Å². The number of carbonyl (C=O) groups is 1. The van der Waals surface area contributed by atoms with Crippen molar-refractivity contribution in [3.05, 3.63) is 76.3 Å². The Hall–Kier alpha value is -2.86. The fourth-order valence-corrected chi connectivity index (χ4v) is 3.72. The van der Waals surface area contributed by atoms with E-state index in [1.54, 1.807) is 12.1 Å². The van der Waals surface area contributed by atoms with E-state index < -0.39 is 45.7 Å². The van der Waals surface area contributed by atoms with E-state index in [2.05, 4.69) is 15.0 Å². The summed E-state index contributed by atoms with van der Waals surface area (Å²) in [6.45, 7) is 1.39. The van der Waals surface area contributed by atoms with Gasteiger partial charge in [0.1, 0.15) is 11.5 Å². The molecule has 1 heterocycles. The van der Waals surface area contributed by atoms with Crippen LogP contribution in [0.4, 0.5) is 23.2 Å². The summed E-state index contributed by atoms with van der Waals surface area (Å²) in [5, 5.41) is 1.81. The molecular formula is C21H16ClF4N3O3S. The number of rotatable bonds is 6. The molecule has 1 unspecified atom stereocenters. The maximum atomic E-state index is 13.4. The molecule has 0 saturated heterocycles. The number of hydrogen-bond donors (Lipinski definition) is 2. The highest BCUT2D eigenvalue weighted by molar-refractivity contribution is 7.89. The van der Waals surface area contributed by atoms with Crippen molar-refractivity contribution in [1.82, 2.24) is 9.71 Å². The minimum Gasteiger partial charge on any atom is -0.593 e. The van der Waals surface area contributed by atoms with Gasteiger partial charge in [-0.05, 0) is 43.3 Å². The molecule has 2 aromatic carbocycles. The van der Waals surface area contributed by atoms with Crippen LogP contribution >= 0.6 is 11.6 Å². The Morgan fingerprint density at radius 3 is 2.52 bits per heavy atom. The lowest BCUT2D eigenvalue weighted by atomic mass is 10.1. The number of hydrogen-bond acceptors (Lipinski definition) is 5. The van der Waals surface area contributed by atoms with Crippen molar-refractivity contribution in [2.45, 2.75) is 18.0 Å². The number of alkyl halides is 3. The molecule has 0 aliphatic rings. The number of aryl methyl sites for hydroxylation is 1. The molecule has 0 fully saturated rings. The van der Waals surface area contributed by atoms with Gasteiger partial charge in [0.25, 0.3) is 5.91 Å². The van der Waals surface area contributed by atoms with Gasteiger partial charge < -0.3 is 14.6 Å². The lowest BCUT2D eigenvalue weighted by molar-refractivity contribution is -0.137. The number of ether oxygens (including phenoxy) is 1. The SMILES string of the molecule is CN[S+]([O-])c1cccc(NC(=O)c2cc(Cl)c(C(F)(F)F)cc2Oc2ccc(F)nc2C)c1. The molecule has 2 N–H and O–H groups in total. The average molecular weight is 502 g/mol. The first kappa shape index (κ1) is 24.8. The van der Waals surface area contributed by atoms with Gasteiger partial charge in [0.15, 0.2) is 4.90 Å². The van der Waals surface area contributed by atoms with Crippen molar-refractivity contribution in [3.8, 4) is 11.5 Å². The Kier molecular flexibility index (Phi) is 7.48. The van der Waals surface area contributed by atoms with E-state index in [1.807, 2.05) is 0 Å². The first-order chi connectivity index (χ1) is 15.5. The number of nitrogens with one attached hydrogen (secondary N) is 2. The van der Waals surface area contributed by atoms with Gasteiger partial charge in [0.2, 0.25) is 5.95 Å². The van der Waals surface area contributed by atoms with E-state index in [4.69, 9.17) is 16.3 Å². The van der Waals surface area contributed by atoms with Crippen molar-refractivity contribution in [2.24, 2.45) is 0 Å². The second kappa shape index (κ2) is 9.96. The highest BCUT2D eigenvalue weighted by atomic mass is 35.5. The zero-order valence-corrected chi connectivity index (χ0v) is 18.7. The van der Waals surface area contributed by atoms with Gasteiger partial charge in [0, 0.05) is 18.8 Å². The molecule has 1 amide bonds. The van der Waals surface area contributed by atoms with Crippen molar-refractivity contribution in [2.75, 3.05) is 12.4 Å². The summed E-state index contributed by atoms with van der Waals surface area (Å²) in [6, 6.07) is 9.62. The molecule has 6 nitrogen and oxygen atoms in total. The number of anilines is 1. The topological polar surface area (TPSA) is 86.3 Å². The minimum atomic E-state index is -4.81. The predicted molar refractivity (Wildman–Crippen MR) is 115 cm³/mol. The monoisotopic (exact) mass is 501 g/mol. The van der Waals surface area contributed by atoms with E-state index in [1.165, 1.54) is 32.2 Å². The number of nitrogens with zero attached hydrogens (tertiary/aromatic N) is 1. The summed E-state index contributed by atoms with van der Waals surface area (Å²) in [7, 11) is 1.49. The molecular weight excluding hydrogens is 486 g/mol. The number of halogens is 5. The quantitative estimate of drug-likeness (QED) is 0.265. The molecule has 0 spiro atoms. The van der Waals surface area contributed by atoms with Crippen LogP contribution in [0.1, 0.15) is 21.6 Å². The van der Waals surface area contributed by atoms with E-state index in [0.29, 0.717) is 11.0 Å². The van der Waals surface area contributed by atoms with Gasteiger partial charge in [-0.3, -0.25) is 4.79 Å². The standard InChI is InChI=1S/C21H16ClF4N3O3S/c1-11-17(6-7-19(23)28-11)32-18-10-15(21(24,25)26)16(22)9-14(18)20(30)29-12-4-3-5-13(8-12)33(31)27-2/h3-10,27H,1-2H3,(H,29,30). The van der Waals surface area contributed by atoms with E-state index in [0.717, 1.165) is 12.1 Å². The summed E-state index contributed by atoms with van der Waals surface area (Å²) in [6.07, 6.45) is -4.81. The van der Waals surface area contributed by atoms with Crippen LogP contribution in [-0.2, 0) is 17.5 Å². The summed E-state index contributed by atoms with van der Waals surface area (Å²) in [4.78, 5) is 16.9. The van der Waals surface area contributed by atoms with E-state index in [-0.39, 0.29) is 22.7 Å². The molecule has 174 valence electrons. The Balaban J connectivity index is 2.02. The van der Waals surface area contributed by atoms with Gasteiger partial charge in [-0.15, -0.1) is 4.72 Å². The highest BCUT2D eigenvalue weighted by Gasteiger charge is 2.35. The Labute approximate surface area is 194 Å². The Morgan fingerprint density at radius 2 is 1.88 bits per heavy atom. The maximum absolute atomic E-state index is 13.4. The van der Waals surface area contributed by atoms with Gasteiger partial charge in [-0.25, -0.2) is 4.98 Å². The Bertz CT molecular complexity index is 1190. The molecule has 33 heavy (non-hydrogen) atoms. The van der Waals surface area contributed by atoms with Crippen LogP contribution in [0.2, 0.25) is 5.02 Å². The molecule has 1 atom stereocenters. The summed E-state index contributed by atoms with van der Waals surface area (Å²) < 4.78 is 73.5. The van der Waals surface area contributed by atoms with Gasteiger partial charge in [-0.1, -0.05) is 17.7 Å². The number of benzene rings is 2. The van der Waals surface area contributed by atoms with Crippen LogP contribution in [0.5, 0.6) is 11.5 Å².